The summed E-state index contributed by atoms with van der Waals surface area (Å²) >= 11 is 0. The lowest BCUT2D eigenvalue weighted by atomic mass is 10.00. The molecule has 13 nitrogen and oxygen atoms in total. The second-order valence-electron chi connectivity index (χ2n) is 21.4. The number of aliphatic carboxylic acids is 1. The molecule has 0 aromatic heterocycles. The van der Waals surface area contributed by atoms with E-state index in [1.54, 1.807) is 20.8 Å². The molecule has 3 aromatic rings. The van der Waals surface area contributed by atoms with Crippen LogP contribution in [-0.4, -0.2) is 102 Å². The van der Waals surface area contributed by atoms with Crippen LogP contribution < -0.4 is 25.4 Å². The van der Waals surface area contributed by atoms with Crippen LogP contribution in [-0.2, 0) is 38.6 Å². The molecule has 0 unspecified atom stereocenters. The van der Waals surface area contributed by atoms with E-state index in [0.29, 0.717) is 30.3 Å². The van der Waals surface area contributed by atoms with Crippen molar-refractivity contribution >= 4 is 23.9 Å². The Balaban J connectivity index is 1.53. The van der Waals surface area contributed by atoms with E-state index in [9.17, 15) is 24.3 Å². The van der Waals surface area contributed by atoms with Gasteiger partial charge in [-0.25, -0.2) is 9.59 Å². The van der Waals surface area contributed by atoms with Gasteiger partial charge in [0.15, 0.2) is 11.5 Å². The predicted molar refractivity (Wildman–Crippen MR) is 284 cm³/mol. The van der Waals surface area contributed by atoms with Gasteiger partial charge in [0, 0.05) is 19.5 Å². The van der Waals surface area contributed by atoms with Crippen molar-refractivity contribution in [3.05, 3.63) is 95.6 Å². The molecule has 3 amide bonds. The number of carbonyl (C=O) groups excluding carboxylic acids is 3. The first-order valence-electron chi connectivity index (χ1n) is 26.8. The van der Waals surface area contributed by atoms with Crippen LogP contribution in [0.3, 0.4) is 0 Å². The van der Waals surface area contributed by atoms with Gasteiger partial charge in [-0.05, 0) is 139 Å². The second-order valence-corrected chi connectivity index (χ2v) is 21.4. The van der Waals surface area contributed by atoms with Gasteiger partial charge in [0.05, 0.1) is 13.2 Å². The predicted octanol–water partition coefficient (Wildman–Crippen LogP) is 10.7. The smallest absolute Gasteiger partial charge is 0.408 e. The molecule has 394 valence electrons. The van der Waals surface area contributed by atoms with Crippen molar-refractivity contribution in [1.82, 2.24) is 25.8 Å². The number of rotatable bonds is 16. The summed E-state index contributed by atoms with van der Waals surface area (Å²) in [5, 5.41) is 18.3. The van der Waals surface area contributed by atoms with E-state index >= 15 is 0 Å². The SMILES string of the molecule is CC(C)C[C@H](NC(=O)[C@H](Cc1ccc2c(c1)OCCCCCCN(Cc1ccccc1)CCCCCCN(Cc1ccccc1)CCCCCCO2)NC(=O)[C@H](CC(C)C)NC(=O)OC(C)(C)C)C(=O)O. The largest absolute Gasteiger partial charge is 0.490 e. The van der Waals surface area contributed by atoms with Gasteiger partial charge in [-0.1, -0.05) is 133 Å². The van der Waals surface area contributed by atoms with Crippen LogP contribution in [0, 0.1) is 11.8 Å². The number of carboxylic acid groups (broad SMARTS) is 1. The molecule has 71 heavy (non-hydrogen) atoms. The topological polar surface area (TPSA) is 159 Å². The average Bonchev–Trinajstić information content (AvgIpc) is 3.31. The van der Waals surface area contributed by atoms with Crippen LogP contribution in [0.15, 0.2) is 78.9 Å². The Hall–Kier alpha value is -5.14. The number of nitrogens with one attached hydrogen (secondary N) is 3. The highest BCUT2D eigenvalue weighted by molar-refractivity contribution is 5.93. The molecule has 0 saturated carbocycles. The van der Waals surface area contributed by atoms with Crippen LogP contribution in [0.1, 0.15) is 155 Å². The maximum absolute atomic E-state index is 14.1. The molecule has 0 bridgehead atoms. The Kier molecular flexibility index (Phi) is 26.4. The molecule has 13 heteroatoms. The monoisotopic (exact) mass is 984 g/mol. The molecule has 3 aromatic carbocycles. The van der Waals surface area contributed by atoms with E-state index in [4.69, 9.17) is 14.2 Å². The van der Waals surface area contributed by atoms with Gasteiger partial charge in [-0.3, -0.25) is 19.4 Å². The lowest BCUT2D eigenvalue weighted by Crippen LogP contribution is -2.57. The van der Waals surface area contributed by atoms with Gasteiger partial charge in [0.2, 0.25) is 11.8 Å². The summed E-state index contributed by atoms with van der Waals surface area (Å²) in [6.45, 7) is 20.1. The standard InChI is InChI=1S/C58H89N5O8/c1-44(2)38-49(61-57(68)71-58(5,6)7)54(64)59-50(55(65)60-51(56(66)67)39-45(3)4)40-48-30-31-52-53(41-48)70-37-25-13-11-23-35-63(43-47-28-18-15-19-29-47)33-21-9-8-20-32-62(34-22-10-12-24-36-69-52)42-46-26-16-14-17-27-46/h14-19,26-31,41,44-45,49-51H,8-13,20-25,32-40,42-43H2,1-7H3,(H,59,64)(H,60,65)(H,61,68)(H,66,67)/t49-,50-,51-/m0/s1. The minimum Gasteiger partial charge on any atom is -0.490 e. The summed E-state index contributed by atoms with van der Waals surface area (Å²) < 4.78 is 18.4. The van der Waals surface area contributed by atoms with E-state index in [1.807, 2.05) is 45.9 Å². The number of fused-ring (bicyclic) bond motifs is 1. The Labute approximate surface area is 426 Å². The quantitative estimate of drug-likeness (QED) is 0.109. The second kappa shape index (κ2) is 32.0. The molecule has 0 aliphatic carbocycles. The van der Waals surface area contributed by atoms with Crippen molar-refractivity contribution in [2.45, 2.75) is 182 Å². The summed E-state index contributed by atoms with van der Waals surface area (Å²) in [7, 11) is 0. The number of nitrogens with zero attached hydrogens (tertiary/aromatic N) is 2. The number of alkyl carbamates (subject to hydrolysis) is 1. The summed E-state index contributed by atoms with van der Waals surface area (Å²) in [4.78, 5) is 58.6. The van der Waals surface area contributed by atoms with Gasteiger partial charge in [-0.15, -0.1) is 0 Å². The van der Waals surface area contributed by atoms with Gasteiger partial charge in [0.25, 0.3) is 0 Å². The highest BCUT2D eigenvalue weighted by Gasteiger charge is 2.32. The molecule has 0 radical (unpaired) electrons. The molecule has 0 saturated heterocycles. The molecule has 1 aliphatic rings. The number of carboxylic acids is 1. The third-order valence-corrected chi connectivity index (χ3v) is 12.6. The summed E-state index contributed by atoms with van der Waals surface area (Å²) in [5.41, 5.74) is 2.61. The van der Waals surface area contributed by atoms with E-state index < -0.39 is 47.6 Å². The highest BCUT2D eigenvalue weighted by Crippen LogP contribution is 2.30. The van der Waals surface area contributed by atoms with Crippen molar-refractivity contribution in [2.24, 2.45) is 11.8 Å². The summed E-state index contributed by atoms with van der Waals surface area (Å²) in [6.07, 6.45) is 12.9. The summed E-state index contributed by atoms with van der Waals surface area (Å²) in [6, 6.07) is 23.8. The molecule has 3 atom stereocenters. The van der Waals surface area contributed by atoms with Crippen molar-refractivity contribution in [3.63, 3.8) is 0 Å². The fourth-order valence-electron chi connectivity index (χ4n) is 8.94. The zero-order chi connectivity index (χ0) is 51.4. The summed E-state index contributed by atoms with van der Waals surface area (Å²) in [5.74, 6) is -1.20. The maximum atomic E-state index is 14.1. The van der Waals surface area contributed by atoms with E-state index in [1.165, 1.54) is 36.8 Å². The van der Waals surface area contributed by atoms with Crippen LogP contribution >= 0.6 is 0 Å². The molecule has 1 heterocycles. The Morgan fingerprint density at radius 3 is 1.45 bits per heavy atom. The third-order valence-electron chi connectivity index (χ3n) is 12.6. The van der Waals surface area contributed by atoms with E-state index in [2.05, 4.69) is 86.4 Å². The van der Waals surface area contributed by atoms with E-state index in [0.717, 1.165) is 90.6 Å². The highest BCUT2D eigenvalue weighted by atomic mass is 16.6. The number of carbonyl (C=O) groups is 4. The fraction of sp³-hybridized carbons (Fsp3) is 0.621. The van der Waals surface area contributed by atoms with Crippen LogP contribution in [0.5, 0.6) is 11.5 Å². The van der Waals surface area contributed by atoms with Crippen molar-refractivity contribution in [3.8, 4) is 11.5 Å². The molecule has 1 aliphatic heterocycles. The first-order chi connectivity index (χ1) is 34.0. The van der Waals surface area contributed by atoms with Crippen molar-refractivity contribution in [2.75, 3.05) is 39.4 Å². The van der Waals surface area contributed by atoms with Crippen molar-refractivity contribution < 1.29 is 38.5 Å². The Morgan fingerprint density at radius 2 is 0.986 bits per heavy atom. The van der Waals surface area contributed by atoms with Crippen molar-refractivity contribution in [1.29, 1.82) is 0 Å². The maximum Gasteiger partial charge on any atom is 0.408 e. The fourth-order valence-corrected chi connectivity index (χ4v) is 8.94. The number of hydrogen-bond donors (Lipinski definition) is 4. The number of ether oxygens (including phenoxy) is 3. The van der Waals surface area contributed by atoms with Crippen LogP contribution in [0.25, 0.3) is 0 Å². The van der Waals surface area contributed by atoms with Gasteiger partial charge in [0.1, 0.15) is 23.7 Å². The molecule has 0 fully saturated rings. The third kappa shape index (κ3) is 24.7. The molecule has 0 spiro atoms. The van der Waals surface area contributed by atoms with Crippen LogP contribution in [0.4, 0.5) is 4.79 Å². The van der Waals surface area contributed by atoms with Gasteiger partial charge < -0.3 is 35.3 Å². The lowest BCUT2D eigenvalue weighted by Gasteiger charge is -2.27. The zero-order valence-electron chi connectivity index (χ0n) is 44.4. The van der Waals surface area contributed by atoms with Crippen LogP contribution in [0.2, 0.25) is 0 Å². The molecular weight excluding hydrogens is 895 g/mol. The average molecular weight is 984 g/mol. The first kappa shape index (κ1) is 58.4. The van der Waals surface area contributed by atoms with Gasteiger partial charge >= 0.3 is 12.1 Å². The van der Waals surface area contributed by atoms with E-state index in [-0.39, 0.29) is 31.1 Å². The van der Waals surface area contributed by atoms with Gasteiger partial charge in [-0.2, -0.15) is 0 Å². The Bertz CT molecular complexity index is 1990. The zero-order valence-corrected chi connectivity index (χ0v) is 44.4. The number of amides is 3. The normalized spacial score (nSPS) is 17.3. The minimum atomic E-state index is -1.18. The first-order valence-corrected chi connectivity index (χ1v) is 26.8. The number of hydrogen-bond acceptors (Lipinski definition) is 9. The molecule has 4 rings (SSSR count). The molecular formula is C58H89N5O8. The lowest BCUT2D eigenvalue weighted by molar-refractivity contribution is -0.142. The Morgan fingerprint density at radius 1 is 0.549 bits per heavy atom. The molecule has 4 N–H and O–H groups in total. The number of benzene rings is 3. The minimum absolute atomic E-state index is 0.0102.